The van der Waals surface area contributed by atoms with Crippen molar-refractivity contribution >= 4 is 33.1 Å². The van der Waals surface area contributed by atoms with E-state index in [-0.39, 0.29) is 12.5 Å². The van der Waals surface area contributed by atoms with Crippen LogP contribution in [0.5, 0.6) is 17.2 Å². The van der Waals surface area contributed by atoms with Crippen LogP contribution < -0.4 is 19.5 Å². The topological polar surface area (TPSA) is 69.7 Å². The molecule has 7 heteroatoms. The van der Waals surface area contributed by atoms with Gasteiger partial charge in [0.25, 0.3) is 5.91 Å². The normalized spacial score (nSPS) is 10.6. The zero-order chi connectivity index (χ0) is 20.9. The van der Waals surface area contributed by atoms with Crippen LogP contribution in [0.1, 0.15) is 0 Å². The first-order valence-electron chi connectivity index (χ1n) is 9.27. The molecule has 0 aliphatic rings. The predicted molar refractivity (Wildman–Crippen MR) is 119 cm³/mol. The van der Waals surface area contributed by atoms with Crippen LogP contribution in [0.25, 0.3) is 20.8 Å². The molecular weight excluding hydrogens is 400 g/mol. The smallest absolute Gasteiger partial charge is 0.262 e. The predicted octanol–water partition coefficient (Wildman–Crippen LogP) is 5.00. The molecule has 0 aliphatic carbocycles. The van der Waals surface area contributed by atoms with Crippen LogP contribution in [0, 0.1) is 0 Å². The molecule has 3 aromatic carbocycles. The van der Waals surface area contributed by atoms with Crippen molar-refractivity contribution in [2.24, 2.45) is 0 Å². The number of thiazole rings is 1. The molecule has 0 unspecified atom stereocenters. The molecule has 0 atom stereocenters. The number of carbonyl (C=O) groups excluding carboxylic acids is 1. The summed E-state index contributed by atoms with van der Waals surface area (Å²) in [5, 5.41) is 3.66. The number of ether oxygens (including phenoxy) is 3. The Morgan fingerprint density at radius 3 is 2.40 bits per heavy atom. The molecule has 0 radical (unpaired) electrons. The van der Waals surface area contributed by atoms with E-state index in [1.807, 2.05) is 48.5 Å². The number of methoxy groups -OCH3 is 2. The Morgan fingerprint density at radius 1 is 0.967 bits per heavy atom. The third-order valence-electron chi connectivity index (χ3n) is 4.41. The highest BCUT2D eigenvalue weighted by atomic mass is 32.1. The van der Waals surface area contributed by atoms with Gasteiger partial charge in [-0.15, -0.1) is 11.3 Å². The molecule has 0 bridgehead atoms. The SMILES string of the molecule is COc1cc(NC(=O)COc2ccccc2-c2nc3ccccc3s2)cc(OC)c1. The fourth-order valence-corrected chi connectivity index (χ4v) is 3.97. The first kappa shape index (κ1) is 19.7. The number of aromatic nitrogens is 1. The summed E-state index contributed by atoms with van der Waals surface area (Å²) in [7, 11) is 3.12. The van der Waals surface area contributed by atoms with Crippen molar-refractivity contribution < 1.29 is 19.0 Å². The van der Waals surface area contributed by atoms with Gasteiger partial charge in [0, 0.05) is 23.9 Å². The Labute approximate surface area is 178 Å². The van der Waals surface area contributed by atoms with E-state index in [2.05, 4.69) is 10.3 Å². The van der Waals surface area contributed by atoms with Crippen molar-refractivity contribution in [2.45, 2.75) is 0 Å². The average Bonchev–Trinajstić information content (AvgIpc) is 3.21. The van der Waals surface area contributed by atoms with Crippen LogP contribution in [0.2, 0.25) is 0 Å². The number of amides is 1. The maximum atomic E-state index is 12.4. The van der Waals surface area contributed by atoms with Gasteiger partial charge in [-0.05, 0) is 24.3 Å². The number of rotatable bonds is 7. The summed E-state index contributed by atoms with van der Waals surface area (Å²) in [6.07, 6.45) is 0. The van der Waals surface area contributed by atoms with Gasteiger partial charge < -0.3 is 19.5 Å². The lowest BCUT2D eigenvalue weighted by Crippen LogP contribution is -2.20. The van der Waals surface area contributed by atoms with Crippen molar-refractivity contribution in [2.75, 3.05) is 26.1 Å². The minimum Gasteiger partial charge on any atom is -0.497 e. The molecule has 0 saturated carbocycles. The zero-order valence-corrected chi connectivity index (χ0v) is 17.4. The van der Waals surface area contributed by atoms with Crippen LogP contribution in [-0.2, 0) is 4.79 Å². The van der Waals surface area contributed by atoms with E-state index < -0.39 is 0 Å². The molecule has 4 aromatic rings. The molecule has 1 aromatic heterocycles. The van der Waals surface area contributed by atoms with Crippen molar-refractivity contribution in [3.05, 3.63) is 66.7 Å². The molecule has 30 heavy (non-hydrogen) atoms. The lowest BCUT2D eigenvalue weighted by molar-refractivity contribution is -0.118. The van der Waals surface area contributed by atoms with Crippen LogP contribution >= 0.6 is 11.3 Å². The maximum Gasteiger partial charge on any atom is 0.262 e. The number of nitrogens with one attached hydrogen (secondary N) is 1. The summed E-state index contributed by atoms with van der Waals surface area (Å²) >= 11 is 1.59. The molecule has 6 nitrogen and oxygen atoms in total. The fraction of sp³-hybridized carbons (Fsp3) is 0.130. The molecule has 1 amide bonds. The summed E-state index contributed by atoms with van der Waals surface area (Å²) in [4.78, 5) is 17.1. The summed E-state index contributed by atoms with van der Waals surface area (Å²) in [5.41, 5.74) is 2.37. The van der Waals surface area contributed by atoms with Gasteiger partial charge in [-0.2, -0.15) is 0 Å². The highest BCUT2D eigenvalue weighted by molar-refractivity contribution is 7.21. The van der Waals surface area contributed by atoms with Crippen molar-refractivity contribution in [1.29, 1.82) is 0 Å². The molecule has 4 rings (SSSR count). The number of hydrogen-bond acceptors (Lipinski definition) is 6. The van der Waals surface area contributed by atoms with Gasteiger partial charge in [0.05, 0.1) is 30.0 Å². The van der Waals surface area contributed by atoms with E-state index >= 15 is 0 Å². The van der Waals surface area contributed by atoms with Gasteiger partial charge in [-0.1, -0.05) is 24.3 Å². The van der Waals surface area contributed by atoms with E-state index in [1.165, 1.54) is 0 Å². The van der Waals surface area contributed by atoms with Crippen LogP contribution in [0.15, 0.2) is 66.7 Å². The largest absolute Gasteiger partial charge is 0.497 e. The first-order valence-corrected chi connectivity index (χ1v) is 10.1. The van der Waals surface area contributed by atoms with Gasteiger partial charge >= 0.3 is 0 Å². The summed E-state index contributed by atoms with van der Waals surface area (Å²) in [6, 6.07) is 20.7. The maximum absolute atomic E-state index is 12.4. The van der Waals surface area contributed by atoms with Crippen molar-refractivity contribution in [3.8, 4) is 27.8 Å². The Hall–Kier alpha value is -3.58. The second kappa shape index (κ2) is 8.84. The molecule has 0 saturated heterocycles. The second-order valence-electron chi connectivity index (χ2n) is 6.42. The minimum atomic E-state index is -0.288. The highest BCUT2D eigenvalue weighted by Gasteiger charge is 2.13. The van der Waals surface area contributed by atoms with E-state index in [0.29, 0.717) is 22.9 Å². The van der Waals surface area contributed by atoms with Gasteiger partial charge in [0.2, 0.25) is 0 Å². The van der Waals surface area contributed by atoms with Crippen LogP contribution in [-0.4, -0.2) is 31.7 Å². The van der Waals surface area contributed by atoms with E-state index in [4.69, 9.17) is 14.2 Å². The Bertz CT molecular complexity index is 1130. The number of anilines is 1. The monoisotopic (exact) mass is 420 g/mol. The highest BCUT2D eigenvalue weighted by Crippen LogP contribution is 2.35. The van der Waals surface area contributed by atoms with Crippen molar-refractivity contribution in [3.63, 3.8) is 0 Å². The molecule has 1 N–H and O–H groups in total. The number of hydrogen-bond donors (Lipinski definition) is 1. The first-order chi connectivity index (χ1) is 14.7. The third kappa shape index (κ3) is 4.36. The van der Waals surface area contributed by atoms with Gasteiger partial charge in [0.15, 0.2) is 6.61 Å². The molecule has 0 fully saturated rings. The molecule has 152 valence electrons. The number of carbonyl (C=O) groups is 1. The Morgan fingerprint density at radius 2 is 1.67 bits per heavy atom. The summed E-state index contributed by atoms with van der Waals surface area (Å²) in [5.74, 6) is 1.50. The second-order valence-corrected chi connectivity index (χ2v) is 7.45. The quantitative estimate of drug-likeness (QED) is 0.456. The average molecular weight is 420 g/mol. The zero-order valence-electron chi connectivity index (χ0n) is 16.5. The number of benzene rings is 3. The third-order valence-corrected chi connectivity index (χ3v) is 5.48. The van der Waals surface area contributed by atoms with Gasteiger partial charge in [-0.25, -0.2) is 4.98 Å². The van der Waals surface area contributed by atoms with E-state index in [9.17, 15) is 4.79 Å². The lowest BCUT2D eigenvalue weighted by atomic mass is 10.2. The fourth-order valence-electron chi connectivity index (χ4n) is 2.98. The van der Waals surface area contributed by atoms with Gasteiger partial charge in [-0.3, -0.25) is 4.79 Å². The number of para-hydroxylation sites is 2. The molecule has 1 heterocycles. The molecule has 0 aliphatic heterocycles. The van der Waals surface area contributed by atoms with Crippen LogP contribution in [0.3, 0.4) is 0 Å². The van der Waals surface area contributed by atoms with Crippen LogP contribution in [0.4, 0.5) is 5.69 Å². The lowest BCUT2D eigenvalue weighted by Gasteiger charge is -2.12. The summed E-state index contributed by atoms with van der Waals surface area (Å²) < 4.78 is 17.4. The van der Waals surface area contributed by atoms with E-state index in [0.717, 1.165) is 20.8 Å². The standard InChI is InChI=1S/C23H20N2O4S/c1-27-16-11-15(12-17(13-16)28-2)24-22(26)14-29-20-9-5-3-7-18(20)23-25-19-8-4-6-10-21(19)30-23/h3-13H,14H2,1-2H3,(H,24,26). The van der Waals surface area contributed by atoms with E-state index in [1.54, 1.807) is 43.8 Å². The van der Waals surface area contributed by atoms with Gasteiger partial charge in [0.1, 0.15) is 22.3 Å². The Balaban J connectivity index is 1.49. The Kier molecular flexibility index (Phi) is 5.81. The van der Waals surface area contributed by atoms with Crippen molar-refractivity contribution in [1.82, 2.24) is 4.98 Å². The number of fused-ring (bicyclic) bond motifs is 1. The summed E-state index contributed by atoms with van der Waals surface area (Å²) in [6.45, 7) is -0.137. The number of nitrogens with zero attached hydrogens (tertiary/aromatic N) is 1. The minimum absolute atomic E-state index is 0.137. The molecular formula is C23H20N2O4S. The molecule has 0 spiro atoms.